The maximum absolute atomic E-state index is 2.32. The molecule has 0 bridgehead atoms. The molecule has 0 N–H and O–H groups in total. The number of hydrogen-bond acceptors (Lipinski definition) is 0. The van der Waals surface area contributed by atoms with Crippen LogP contribution in [0, 0.1) is 0 Å². The van der Waals surface area contributed by atoms with Crippen LogP contribution in [0.1, 0.15) is 38.2 Å². The van der Waals surface area contributed by atoms with E-state index in [2.05, 4.69) is 55.9 Å². The number of rotatable bonds is 3. The molecule has 0 saturated heterocycles. The Kier molecular flexibility index (Phi) is 2.81. The zero-order valence-electron chi connectivity index (χ0n) is 9.83. The molecule has 2 aromatic rings. The van der Waals surface area contributed by atoms with Gasteiger partial charge in [0.05, 0.1) is 0 Å². The zero-order valence-corrected chi connectivity index (χ0v) is 9.83. The van der Waals surface area contributed by atoms with Crippen LogP contribution in [0.25, 0.3) is 10.9 Å². The summed E-state index contributed by atoms with van der Waals surface area (Å²) >= 11 is 0. The third-order valence-electron chi connectivity index (χ3n) is 3.18. The Morgan fingerprint density at radius 1 is 1.27 bits per heavy atom. The van der Waals surface area contributed by atoms with Crippen LogP contribution >= 0.6 is 0 Å². The highest BCUT2D eigenvalue weighted by Crippen LogP contribution is 2.29. The molecule has 0 saturated carbocycles. The molecule has 1 heterocycles. The van der Waals surface area contributed by atoms with Gasteiger partial charge in [-0.2, -0.15) is 0 Å². The summed E-state index contributed by atoms with van der Waals surface area (Å²) in [5.74, 6) is 0.668. The lowest BCUT2D eigenvalue weighted by molar-refractivity contribution is 0.666. The van der Waals surface area contributed by atoms with E-state index in [9.17, 15) is 0 Å². The van der Waals surface area contributed by atoms with Gasteiger partial charge in [0.15, 0.2) is 0 Å². The van der Waals surface area contributed by atoms with Crippen molar-refractivity contribution in [3.63, 3.8) is 0 Å². The molecule has 1 aromatic carbocycles. The molecule has 1 unspecified atom stereocenters. The molecule has 0 spiro atoms. The first-order chi connectivity index (χ1) is 7.24. The van der Waals surface area contributed by atoms with Crippen LogP contribution in [0.4, 0.5) is 0 Å². The second kappa shape index (κ2) is 4.09. The second-order valence-corrected chi connectivity index (χ2v) is 4.40. The molecule has 2 rings (SSSR count). The Balaban J connectivity index is 2.52. The van der Waals surface area contributed by atoms with Gasteiger partial charge < -0.3 is 4.57 Å². The van der Waals surface area contributed by atoms with Crippen LogP contribution in [0.2, 0.25) is 0 Å². The highest BCUT2D eigenvalue weighted by atomic mass is 14.9. The van der Waals surface area contributed by atoms with Crippen molar-refractivity contribution in [2.75, 3.05) is 0 Å². The normalized spacial score (nSPS) is 13.3. The van der Waals surface area contributed by atoms with Crippen molar-refractivity contribution >= 4 is 10.9 Å². The van der Waals surface area contributed by atoms with Gasteiger partial charge in [0.1, 0.15) is 0 Å². The van der Waals surface area contributed by atoms with E-state index in [1.54, 1.807) is 0 Å². The summed E-state index contributed by atoms with van der Waals surface area (Å²) in [4.78, 5) is 0. The number of aryl methyl sites for hydroxylation is 1. The standard InChI is InChI=1S/C14H19N/c1-4-7-11(2)13-10-15(3)14-9-6-5-8-12(13)14/h5-6,8-11H,4,7H2,1-3H3. The van der Waals surface area contributed by atoms with Gasteiger partial charge in [-0.25, -0.2) is 0 Å². The summed E-state index contributed by atoms with van der Waals surface area (Å²) in [6, 6.07) is 8.66. The Morgan fingerprint density at radius 3 is 2.73 bits per heavy atom. The monoisotopic (exact) mass is 201 g/mol. The third kappa shape index (κ3) is 1.79. The average Bonchev–Trinajstić information content (AvgIpc) is 2.58. The highest BCUT2D eigenvalue weighted by Gasteiger charge is 2.11. The van der Waals surface area contributed by atoms with Crippen LogP contribution in [-0.2, 0) is 7.05 Å². The fourth-order valence-electron chi connectivity index (χ4n) is 2.35. The summed E-state index contributed by atoms with van der Waals surface area (Å²) in [5.41, 5.74) is 2.84. The Hall–Kier alpha value is -1.24. The van der Waals surface area contributed by atoms with Crippen molar-refractivity contribution in [1.82, 2.24) is 4.57 Å². The van der Waals surface area contributed by atoms with Crippen molar-refractivity contribution in [2.45, 2.75) is 32.6 Å². The fourth-order valence-corrected chi connectivity index (χ4v) is 2.35. The maximum atomic E-state index is 2.32. The van der Waals surface area contributed by atoms with Gasteiger partial charge in [0.25, 0.3) is 0 Å². The van der Waals surface area contributed by atoms with Gasteiger partial charge in [-0.05, 0) is 24.0 Å². The van der Waals surface area contributed by atoms with Gasteiger partial charge >= 0.3 is 0 Å². The van der Waals surface area contributed by atoms with Crippen LogP contribution in [0.5, 0.6) is 0 Å². The second-order valence-electron chi connectivity index (χ2n) is 4.40. The van der Waals surface area contributed by atoms with E-state index in [0.29, 0.717) is 5.92 Å². The van der Waals surface area contributed by atoms with E-state index in [4.69, 9.17) is 0 Å². The predicted molar refractivity (Wildman–Crippen MR) is 66.2 cm³/mol. The average molecular weight is 201 g/mol. The summed E-state index contributed by atoms with van der Waals surface area (Å²) in [7, 11) is 2.13. The number of fused-ring (bicyclic) bond motifs is 1. The highest BCUT2D eigenvalue weighted by molar-refractivity contribution is 5.84. The van der Waals surface area contributed by atoms with Crippen molar-refractivity contribution in [2.24, 2.45) is 7.05 Å². The molecule has 15 heavy (non-hydrogen) atoms. The van der Waals surface area contributed by atoms with E-state index in [1.165, 1.54) is 29.3 Å². The number of nitrogens with zero attached hydrogens (tertiary/aromatic N) is 1. The first kappa shape index (κ1) is 10.3. The minimum atomic E-state index is 0.668. The number of hydrogen-bond donors (Lipinski definition) is 0. The molecule has 1 nitrogen and oxygen atoms in total. The molecule has 0 amide bonds. The smallest absolute Gasteiger partial charge is 0.0480 e. The molecule has 80 valence electrons. The topological polar surface area (TPSA) is 4.93 Å². The summed E-state index contributed by atoms with van der Waals surface area (Å²) in [6.45, 7) is 4.58. The van der Waals surface area contributed by atoms with E-state index < -0.39 is 0 Å². The van der Waals surface area contributed by atoms with Gasteiger partial charge in [0.2, 0.25) is 0 Å². The van der Waals surface area contributed by atoms with Crippen molar-refractivity contribution in [3.8, 4) is 0 Å². The largest absolute Gasteiger partial charge is 0.350 e. The van der Waals surface area contributed by atoms with Crippen LogP contribution in [-0.4, -0.2) is 4.57 Å². The van der Waals surface area contributed by atoms with E-state index in [0.717, 1.165) is 0 Å². The van der Waals surface area contributed by atoms with Gasteiger partial charge in [-0.3, -0.25) is 0 Å². The van der Waals surface area contributed by atoms with Crippen molar-refractivity contribution in [3.05, 3.63) is 36.0 Å². The van der Waals surface area contributed by atoms with Gasteiger partial charge in [-0.15, -0.1) is 0 Å². The Bertz CT molecular complexity index is 453. The Morgan fingerprint density at radius 2 is 2.00 bits per heavy atom. The summed E-state index contributed by atoms with van der Waals surface area (Å²) in [6.07, 6.45) is 4.81. The molecule has 0 fully saturated rings. The third-order valence-corrected chi connectivity index (χ3v) is 3.18. The number of benzene rings is 1. The molecular formula is C14H19N. The fraction of sp³-hybridized carbons (Fsp3) is 0.429. The molecular weight excluding hydrogens is 182 g/mol. The predicted octanol–water partition coefficient (Wildman–Crippen LogP) is 4.08. The molecule has 0 radical (unpaired) electrons. The quantitative estimate of drug-likeness (QED) is 0.705. The number of para-hydroxylation sites is 1. The van der Waals surface area contributed by atoms with Crippen LogP contribution in [0.15, 0.2) is 30.5 Å². The van der Waals surface area contributed by atoms with Crippen LogP contribution < -0.4 is 0 Å². The minimum absolute atomic E-state index is 0.668. The molecule has 0 aliphatic heterocycles. The van der Waals surface area contributed by atoms with Crippen molar-refractivity contribution in [1.29, 1.82) is 0 Å². The first-order valence-corrected chi connectivity index (χ1v) is 5.78. The van der Waals surface area contributed by atoms with E-state index in [1.807, 2.05) is 0 Å². The maximum Gasteiger partial charge on any atom is 0.0480 e. The first-order valence-electron chi connectivity index (χ1n) is 5.78. The molecule has 1 aromatic heterocycles. The summed E-state index contributed by atoms with van der Waals surface area (Å²) < 4.78 is 2.23. The minimum Gasteiger partial charge on any atom is -0.350 e. The SMILES string of the molecule is CCCC(C)c1cn(C)c2ccccc12. The Labute approximate surface area is 91.7 Å². The molecule has 0 aliphatic rings. The lowest BCUT2D eigenvalue weighted by Crippen LogP contribution is -1.91. The van der Waals surface area contributed by atoms with Gasteiger partial charge in [0, 0.05) is 24.1 Å². The molecule has 1 heteroatoms. The zero-order chi connectivity index (χ0) is 10.8. The van der Waals surface area contributed by atoms with E-state index >= 15 is 0 Å². The van der Waals surface area contributed by atoms with E-state index in [-0.39, 0.29) is 0 Å². The summed E-state index contributed by atoms with van der Waals surface area (Å²) in [5, 5.41) is 1.42. The van der Waals surface area contributed by atoms with Gasteiger partial charge in [-0.1, -0.05) is 38.5 Å². The van der Waals surface area contributed by atoms with Crippen LogP contribution in [0.3, 0.4) is 0 Å². The molecule has 0 aliphatic carbocycles. The van der Waals surface area contributed by atoms with Crippen molar-refractivity contribution < 1.29 is 0 Å². The number of aromatic nitrogens is 1. The lowest BCUT2D eigenvalue weighted by Gasteiger charge is -2.08. The molecule has 1 atom stereocenters. The lowest BCUT2D eigenvalue weighted by atomic mass is 9.96.